The molecule has 0 saturated heterocycles. The fourth-order valence-electron chi connectivity index (χ4n) is 1.74. The molecule has 18 heavy (non-hydrogen) atoms. The molecule has 98 valence electrons. The van der Waals surface area contributed by atoms with Crippen LogP contribution in [0.25, 0.3) is 0 Å². The largest absolute Gasteiger partial charge is 0.480 e. The van der Waals surface area contributed by atoms with E-state index in [1.165, 1.54) is 0 Å². The van der Waals surface area contributed by atoms with Crippen molar-refractivity contribution in [1.29, 1.82) is 0 Å². The van der Waals surface area contributed by atoms with Gasteiger partial charge in [0, 0.05) is 0 Å². The Labute approximate surface area is 106 Å². The molecule has 0 saturated carbocycles. The van der Waals surface area contributed by atoms with Crippen LogP contribution in [0.3, 0.4) is 0 Å². The molecule has 2 unspecified atom stereocenters. The topological polar surface area (TPSA) is 92.4 Å². The van der Waals surface area contributed by atoms with E-state index in [1.807, 2.05) is 13.8 Å². The van der Waals surface area contributed by atoms with E-state index in [4.69, 9.17) is 5.73 Å². The van der Waals surface area contributed by atoms with Crippen LogP contribution in [0.5, 0.6) is 0 Å². The maximum Gasteiger partial charge on any atom is 0.325 e. The Kier molecular flexibility index (Phi) is 4.85. The highest BCUT2D eigenvalue weighted by molar-refractivity contribution is 5.82. The fourth-order valence-corrected chi connectivity index (χ4v) is 1.74. The number of carbonyl (C=O) groups excluding carboxylic acids is 1. The Morgan fingerprint density at radius 2 is 1.78 bits per heavy atom. The van der Waals surface area contributed by atoms with Gasteiger partial charge < -0.3 is 10.8 Å². The number of hydrogen-bond acceptors (Lipinski definition) is 3. The summed E-state index contributed by atoms with van der Waals surface area (Å²) in [4.78, 5) is 22.6. The summed E-state index contributed by atoms with van der Waals surface area (Å²) >= 11 is 0. The predicted molar refractivity (Wildman–Crippen MR) is 67.8 cm³/mol. The van der Waals surface area contributed by atoms with E-state index in [1.54, 1.807) is 30.3 Å². The Hall–Kier alpha value is -1.88. The minimum atomic E-state index is -1.03. The lowest BCUT2D eigenvalue weighted by Gasteiger charge is -2.24. The molecule has 5 nitrogen and oxygen atoms in total. The van der Waals surface area contributed by atoms with Crippen molar-refractivity contribution in [3.8, 4) is 0 Å². The molecule has 0 bridgehead atoms. The van der Waals surface area contributed by atoms with Crippen molar-refractivity contribution in [3.63, 3.8) is 0 Å². The van der Waals surface area contributed by atoms with Crippen molar-refractivity contribution in [2.45, 2.75) is 25.9 Å². The van der Waals surface area contributed by atoms with Gasteiger partial charge in [0.05, 0.1) is 6.04 Å². The van der Waals surface area contributed by atoms with Gasteiger partial charge >= 0.3 is 5.97 Å². The molecular weight excluding hydrogens is 232 g/mol. The lowest BCUT2D eigenvalue weighted by molar-refractivity contribution is -0.140. The average Bonchev–Trinajstić information content (AvgIpc) is 2.29. The maximum absolute atomic E-state index is 11.3. The lowest BCUT2D eigenvalue weighted by Crippen LogP contribution is -2.48. The highest BCUT2D eigenvalue weighted by atomic mass is 16.4. The second-order valence-corrected chi connectivity index (χ2v) is 4.47. The number of aliphatic carboxylic acids is 1. The SMILES string of the molecule is CC(C)C(NC(C(=O)O)c1ccccc1)C(N)=O. The first-order chi connectivity index (χ1) is 8.43. The van der Waals surface area contributed by atoms with Crippen molar-refractivity contribution in [3.05, 3.63) is 35.9 Å². The monoisotopic (exact) mass is 250 g/mol. The summed E-state index contributed by atoms with van der Waals surface area (Å²) in [5.74, 6) is -1.66. The number of carboxylic acid groups (broad SMARTS) is 1. The minimum Gasteiger partial charge on any atom is -0.480 e. The Bertz CT molecular complexity index is 418. The van der Waals surface area contributed by atoms with Crippen molar-refractivity contribution < 1.29 is 14.7 Å². The van der Waals surface area contributed by atoms with Gasteiger partial charge in [-0.25, -0.2) is 0 Å². The smallest absolute Gasteiger partial charge is 0.325 e. The lowest BCUT2D eigenvalue weighted by atomic mass is 10.00. The maximum atomic E-state index is 11.3. The predicted octanol–water partition coefficient (Wildman–Crippen LogP) is 0.912. The number of hydrogen-bond donors (Lipinski definition) is 3. The zero-order chi connectivity index (χ0) is 13.7. The van der Waals surface area contributed by atoms with Crippen LogP contribution in [0, 0.1) is 5.92 Å². The normalized spacial score (nSPS) is 14.2. The van der Waals surface area contributed by atoms with Gasteiger partial charge in [-0.3, -0.25) is 14.9 Å². The third-order valence-electron chi connectivity index (χ3n) is 2.70. The number of nitrogens with one attached hydrogen (secondary N) is 1. The van der Waals surface area contributed by atoms with Gasteiger partial charge in [0.1, 0.15) is 6.04 Å². The number of primary amides is 1. The summed E-state index contributed by atoms with van der Waals surface area (Å²) in [6.45, 7) is 3.62. The Balaban J connectivity index is 2.94. The Morgan fingerprint density at radius 1 is 1.22 bits per heavy atom. The standard InChI is InChI=1S/C13H18N2O3/c1-8(2)10(12(14)16)15-11(13(17)18)9-6-4-3-5-7-9/h3-8,10-11,15H,1-2H3,(H2,14,16)(H,17,18). The molecule has 0 radical (unpaired) electrons. The highest BCUT2D eigenvalue weighted by Gasteiger charge is 2.27. The van der Waals surface area contributed by atoms with Crippen LogP contribution in [0.1, 0.15) is 25.5 Å². The zero-order valence-corrected chi connectivity index (χ0v) is 10.5. The molecule has 0 aliphatic rings. The summed E-state index contributed by atoms with van der Waals surface area (Å²) in [5.41, 5.74) is 5.86. The van der Waals surface area contributed by atoms with E-state index in [9.17, 15) is 14.7 Å². The summed E-state index contributed by atoms with van der Waals surface area (Å²) in [6, 6.07) is 7.09. The number of amides is 1. The van der Waals surface area contributed by atoms with E-state index in [-0.39, 0.29) is 5.92 Å². The van der Waals surface area contributed by atoms with E-state index >= 15 is 0 Å². The first-order valence-corrected chi connectivity index (χ1v) is 5.76. The highest BCUT2D eigenvalue weighted by Crippen LogP contribution is 2.15. The molecule has 1 amide bonds. The summed E-state index contributed by atoms with van der Waals surface area (Å²) in [7, 11) is 0. The van der Waals surface area contributed by atoms with Crippen molar-refractivity contribution in [2.75, 3.05) is 0 Å². The van der Waals surface area contributed by atoms with Gasteiger partial charge in [-0.2, -0.15) is 0 Å². The summed E-state index contributed by atoms with van der Waals surface area (Å²) in [6.07, 6.45) is 0. The molecule has 2 atom stereocenters. The van der Waals surface area contributed by atoms with Gasteiger partial charge in [-0.05, 0) is 11.5 Å². The van der Waals surface area contributed by atoms with Crippen LogP contribution >= 0.6 is 0 Å². The average molecular weight is 250 g/mol. The molecule has 5 heteroatoms. The van der Waals surface area contributed by atoms with Crippen LogP contribution in [0.4, 0.5) is 0 Å². The second-order valence-electron chi connectivity index (χ2n) is 4.47. The van der Waals surface area contributed by atoms with Gasteiger partial charge in [0.15, 0.2) is 0 Å². The van der Waals surface area contributed by atoms with Crippen LogP contribution < -0.4 is 11.1 Å². The zero-order valence-electron chi connectivity index (χ0n) is 10.5. The number of carboxylic acids is 1. The number of rotatable bonds is 6. The molecule has 0 spiro atoms. The molecule has 0 aliphatic carbocycles. The van der Waals surface area contributed by atoms with Crippen LogP contribution in [0.2, 0.25) is 0 Å². The van der Waals surface area contributed by atoms with Gasteiger partial charge in [-0.1, -0.05) is 44.2 Å². The van der Waals surface area contributed by atoms with Crippen molar-refractivity contribution >= 4 is 11.9 Å². The quantitative estimate of drug-likeness (QED) is 0.699. The Morgan fingerprint density at radius 3 is 2.17 bits per heavy atom. The third kappa shape index (κ3) is 3.56. The van der Waals surface area contributed by atoms with Gasteiger partial charge in [0.2, 0.25) is 5.91 Å². The minimum absolute atomic E-state index is 0.0759. The second kappa shape index (κ2) is 6.16. The molecule has 0 fully saturated rings. The summed E-state index contributed by atoms with van der Waals surface area (Å²) in [5, 5.41) is 12.0. The van der Waals surface area contributed by atoms with Gasteiger partial charge in [-0.15, -0.1) is 0 Å². The first kappa shape index (κ1) is 14.2. The molecule has 1 rings (SSSR count). The van der Waals surface area contributed by atoms with Gasteiger partial charge in [0.25, 0.3) is 0 Å². The number of benzene rings is 1. The van der Waals surface area contributed by atoms with Crippen molar-refractivity contribution in [1.82, 2.24) is 5.32 Å². The van der Waals surface area contributed by atoms with E-state index in [2.05, 4.69) is 5.32 Å². The van der Waals surface area contributed by atoms with Crippen LogP contribution in [-0.4, -0.2) is 23.0 Å². The summed E-state index contributed by atoms with van der Waals surface area (Å²) < 4.78 is 0. The molecule has 1 aromatic carbocycles. The van der Waals surface area contributed by atoms with E-state index in [0.29, 0.717) is 5.56 Å². The number of nitrogens with two attached hydrogens (primary N) is 1. The van der Waals surface area contributed by atoms with Crippen LogP contribution in [-0.2, 0) is 9.59 Å². The molecule has 0 aliphatic heterocycles. The van der Waals surface area contributed by atoms with Crippen LogP contribution in [0.15, 0.2) is 30.3 Å². The molecule has 1 aromatic rings. The fraction of sp³-hybridized carbons (Fsp3) is 0.385. The molecule has 0 heterocycles. The third-order valence-corrected chi connectivity index (χ3v) is 2.70. The van der Waals surface area contributed by atoms with E-state index in [0.717, 1.165) is 0 Å². The molecular formula is C13H18N2O3. The molecule has 0 aromatic heterocycles. The molecule has 4 N–H and O–H groups in total. The number of carbonyl (C=O) groups is 2. The first-order valence-electron chi connectivity index (χ1n) is 5.76. The van der Waals surface area contributed by atoms with Crippen molar-refractivity contribution in [2.24, 2.45) is 11.7 Å². The van der Waals surface area contributed by atoms with E-state index < -0.39 is 24.0 Å².